The predicted molar refractivity (Wildman–Crippen MR) is 150 cm³/mol. The summed E-state index contributed by atoms with van der Waals surface area (Å²) in [5, 5.41) is 12.0. The fourth-order valence-electron chi connectivity index (χ4n) is 5.33. The number of aryl methyl sites for hydroxylation is 2. The third-order valence-corrected chi connectivity index (χ3v) is 8.46. The number of nitrogens with zero attached hydrogens (tertiary/aromatic N) is 6. The summed E-state index contributed by atoms with van der Waals surface area (Å²) in [7, 11) is -2.99. The highest BCUT2D eigenvalue weighted by Gasteiger charge is 2.28. The van der Waals surface area contributed by atoms with Crippen LogP contribution in [-0.4, -0.2) is 69.4 Å². The molecule has 1 aromatic carbocycles. The highest BCUT2D eigenvalue weighted by atomic mass is 32.2. The number of carbonyl (C=O) groups is 1. The van der Waals surface area contributed by atoms with Gasteiger partial charge in [-0.1, -0.05) is 0 Å². The molecule has 0 spiro atoms. The van der Waals surface area contributed by atoms with Crippen LogP contribution in [0.15, 0.2) is 30.7 Å². The van der Waals surface area contributed by atoms with Crippen LogP contribution in [0.5, 0.6) is 0 Å². The smallest absolute Gasteiger partial charge is 0.350 e. The largest absolute Gasteiger partial charge is 0.371 e. The molecule has 1 saturated carbocycles. The first-order valence-electron chi connectivity index (χ1n) is 13.5. The van der Waals surface area contributed by atoms with Gasteiger partial charge in [0.1, 0.15) is 5.52 Å². The molecule has 6 rings (SSSR count). The number of rotatable bonds is 9. The predicted octanol–water partition coefficient (Wildman–Crippen LogP) is 2.54. The number of hydrogen-bond acceptors (Lipinski definition) is 8. The molecule has 4 heterocycles. The molecule has 41 heavy (non-hydrogen) atoms. The van der Waals surface area contributed by atoms with Gasteiger partial charge in [-0.2, -0.15) is 13.9 Å². The first-order chi connectivity index (χ1) is 19.6. The fraction of sp³-hybridized carbons (Fsp3) is 0.462. The van der Waals surface area contributed by atoms with Gasteiger partial charge in [-0.3, -0.25) is 14.5 Å². The lowest BCUT2D eigenvalue weighted by atomic mass is 10.0. The van der Waals surface area contributed by atoms with Gasteiger partial charge in [0.25, 0.3) is 15.9 Å². The van der Waals surface area contributed by atoms with Crippen LogP contribution < -0.4 is 20.3 Å². The quantitative estimate of drug-likeness (QED) is 0.272. The van der Waals surface area contributed by atoms with Crippen LogP contribution in [-0.2, 0) is 23.6 Å². The van der Waals surface area contributed by atoms with E-state index in [1.54, 1.807) is 34.5 Å². The van der Waals surface area contributed by atoms with Crippen molar-refractivity contribution < 1.29 is 22.0 Å². The second-order valence-electron chi connectivity index (χ2n) is 10.7. The van der Waals surface area contributed by atoms with Gasteiger partial charge in [0.15, 0.2) is 11.5 Å². The second kappa shape index (κ2) is 10.6. The number of benzene rings is 1. The highest BCUT2D eigenvalue weighted by Crippen LogP contribution is 2.32. The minimum absolute atomic E-state index is 0.141. The van der Waals surface area contributed by atoms with E-state index in [-0.39, 0.29) is 17.2 Å². The molecule has 0 atom stereocenters. The van der Waals surface area contributed by atoms with Gasteiger partial charge in [-0.15, -0.1) is 0 Å². The van der Waals surface area contributed by atoms with Crippen LogP contribution in [0.3, 0.4) is 0 Å². The zero-order valence-corrected chi connectivity index (χ0v) is 23.5. The molecule has 12 nitrogen and oxygen atoms in total. The summed E-state index contributed by atoms with van der Waals surface area (Å²) in [6, 6.07) is 4.95. The molecule has 0 radical (unpaired) electrons. The van der Waals surface area contributed by atoms with Gasteiger partial charge in [-0.25, -0.2) is 18.1 Å². The Hall–Kier alpha value is -3.69. The molecule has 15 heteroatoms. The lowest BCUT2D eigenvalue weighted by Gasteiger charge is -2.34. The number of aromatic nitrogens is 5. The Balaban J connectivity index is 1.22. The van der Waals surface area contributed by atoms with Crippen molar-refractivity contribution in [3.63, 3.8) is 0 Å². The number of carbonyl (C=O) groups excluding carboxylic acids is 1. The maximum atomic E-state index is 13.4. The average Bonchev–Trinajstić information content (AvgIpc) is 3.51. The topological polar surface area (TPSA) is 139 Å². The molecule has 1 amide bonds. The van der Waals surface area contributed by atoms with Crippen molar-refractivity contribution in [2.24, 2.45) is 7.05 Å². The Labute approximate surface area is 235 Å². The van der Waals surface area contributed by atoms with Crippen LogP contribution in [0.4, 0.5) is 20.3 Å². The van der Waals surface area contributed by atoms with E-state index in [0.29, 0.717) is 28.9 Å². The van der Waals surface area contributed by atoms with Crippen LogP contribution in [0, 0.1) is 6.92 Å². The number of amides is 1. The van der Waals surface area contributed by atoms with Crippen molar-refractivity contribution in [3.8, 4) is 0 Å². The van der Waals surface area contributed by atoms with Crippen molar-refractivity contribution in [1.82, 2.24) is 34.2 Å². The third kappa shape index (κ3) is 5.74. The molecule has 0 unspecified atom stereocenters. The van der Waals surface area contributed by atoms with Crippen molar-refractivity contribution in [2.75, 3.05) is 23.3 Å². The molecule has 3 N–H and O–H groups in total. The van der Waals surface area contributed by atoms with Crippen molar-refractivity contribution in [3.05, 3.63) is 47.7 Å². The summed E-state index contributed by atoms with van der Waals surface area (Å²) in [6.07, 6.45) is 9.78. The highest BCUT2D eigenvalue weighted by molar-refractivity contribution is 7.89. The minimum atomic E-state index is -4.81. The average molecular weight is 588 g/mol. The Morgan fingerprint density at radius 2 is 1.80 bits per heavy atom. The molecule has 218 valence electrons. The lowest BCUT2D eigenvalue weighted by molar-refractivity contribution is 0.102. The lowest BCUT2D eigenvalue weighted by Crippen LogP contribution is -2.43. The van der Waals surface area contributed by atoms with Crippen molar-refractivity contribution >= 4 is 44.0 Å². The molecule has 2 aliphatic rings. The number of imidazole rings is 1. The van der Waals surface area contributed by atoms with Gasteiger partial charge in [0.2, 0.25) is 0 Å². The number of piperidine rings is 1. The summed E-state index contributed by atoms with van der Waals surface area (Å²) in [5.41, 5.74) is 2.87. The van der Waals surface area contributed by atoms with E-state index >= 15 is 0 Å². The summed E-state index contributed by atoms with van der Waals surface area (Å²) in [4.78, 5) is 24.4. The van der Waals surface area contributed by atoms with E-state index < -0.39 is 28.2 Å². The van der Waals surface area contributed by atoms with Crippen LogP contribution >= 0.6 is 0 Å². The summed E-state index contributed by atoms with van der Waals surface area (Å²) in [6.45, 7) is 3.04. The number of anilines is 2. The normalized spacial score (nSPS) is 16.8. The van der Waals surface area contributed by atoms with E-state index in [9.17, 15) is 22.0 Å². The van der Waals surface area contributed by atoms with Crippen LogP contribution in [0.1, 0.15) is 47.4 Å². The van der Waals surface area contributed by atoms with E-state index in [1.807, 2.05) is 24.0 Å². The molecular formula is C26H31F2N9O3S. The third-order valence-electron chi connectivity index (χ3n) is 7.44. The Morgan fingerprint density at radius 1 is 1.07 bits per heavy atom. The molecule has 3 aromatic heterocycles. The first kappa shape index (κ1) is 27.5. The van der Waals surface area contributed by atoms with Gasteiger partial charge >= 0.3 is 5.76 Å². The van der Waals surface area contributed by atoms with Crippen LogP contribution in [0.2, 0.25) is 0 Å². The van der Waals surface area contributed by atoms with Crippen LogP contribution in [0.25, 0.3) is 16.6 Å². The zero-order valence-electron chi connectivity index (χ0n) is 22.6. The molecule has 4 aromatic rings. The minimum Gasteiger partial charge on any atom is -0.371 e. The number of halogens is 2. The summed E-state index contributed by atoms with van der Waals surface area (Å²) < 4.78 is 53.7. The van der Waals surface area contributed by atoms with E-state index in [1.165, 1.54) is 12.8 Å². The molecule has 1 saturated heterocycles. The second-order valence-corrected chi connectivity index (χ2v) is 12.4. The number of nitrogens with one attached hydrogen (secondary N) is 3. The molecule has 1 aliphatic carbocycles. The first-order valence-corrected chi connectivity index (χ1v) is 15.0. The molecule has 2 fully saturated rings. The van der Waals surface area contributed by atoms with Gasteiger partial charge < -0.3 is 19.9 Å². The van der Waals surface area contributed by atoms with E-state index in [4.69, 9.17) is 0 Å². The number of fused-ring (bicyclic) bond motifs is 2. The van der Waals surface area contributed by atoms with Crippen molar-refractivity contribution in [1.29, 1.82) is 0 Å². The maximum absolute atomic E-state index is 13.4. The van der Waals surface area contributed by atoms with Crippen molar-refractivity contribution in [2.45, 2.75) is 57.0 Å². The SMILES string of the molecule is Cc1cn2cc(NC(=O)c3ccc(N4CCC(NC5CC5)CC4)c4cn(C)nc34)nc2c(CNS(=O)(=O)C(F)F)n1. The Morgan fingerprint density at radius 3 is 2.51 bits per heavy atom. The maximum Gasteiger partial charge on any atom is 0.350 e. The fourth-order valence-corrected chi connectivity index (χ4v) is 5.79. The van der Waals surface area contributed by atoms with Gasteiger partial charge in [0.05, 0.1) is 29.7 Å². The standard InChI is InChI=1S/C26H31F2N9O3S/c1-15-12-37-14-22(32-24(37)20(30-15)11-29-41(39,40)26(27)28)33-25(38)18-5-6-21(19-13-35(2)34-23(18)19)36-9-7-17(8-10-36)31-16-3-4-16/h5-6,12-14,16-17,26,29,31H,3-4,7-11H2,1-2H3,(H,33,38). The number of alkyl halides is 2. The van der Waals surface area contributed by atoms with Gasteiger partial charge in [-0.05, 0) is 44.7 Å². The molecule has 0 bridgehead atoms. The van der Waals surface area contributed by atoms with E-state index in [0.717, 1.165) is 37.0 Å². The number of hydrogen-bond donors (Lipinski definition) is 3. The summed E-state index contributed by atoms with van der Waals surface area (Å²) in [5.74, 6) is -3.79. The Bertz CT molecular complexity index is 1720. The number of sulfonamides is 1. The Kier molecular flexibility index (Phi) is 7.11. The summed E-state index contributed by atoms with van der Waals surface area (Å²) >= 11 is 0. The van der Waals surface area contributed by atoms with E-state index in [2.05, 4.69) is 30.6 Å². The molecule has 1 aliphatic heterocycles. The molecular weight excluding hydrogens is 556 g/mol. The monoisotopic (exact) mass is 587 g/mol. The van der Waals surface area contributed by atoms with Gasteiger partial charge in [0, 0.05) is 55.7 Å². The zero-order chi connectivity index (χ0) is 28.9.